The molecule has 0 heterocycles. The molecule has 7 heavy (non-hydrogen) atoms. The van der Waals surface area contributed by atoms with Crippen LogP contribution in [0.3, 0.4) is 0 Å². The van der Waals surface area contributed by atoms with Gasteiger partial charge >= 0.3 is 9.17 Å². The summed E-state index contributed by atoms with van der Waals surface area (Å²) in [7, 11) is -3.13. The van der Waals surface area contributed by atoms with Crippen LogP contribution in [0.2, 0.25) is 0 Å². The zero-order valence-corrected chi connectivity index (χ0v) is 4.33. The van der Waals surface area contributed by atoms with Crippen molar-refractivity contribution >= 4 is 9.17 Å². The molecule has 0 amide bonds. The van der Waals surface area contributed by atoms with E-state index in [2.05, 4.69) is 5.73 Å². The summed E-state index contributed by atoms with van der Waals surface area (Å²) in [6.45, 7) is 0. The van der Waals surface area contributed by atoms with Gasteiger partial charge in [0.15, 0.2) is 6.19 Å². The predicted molar refractivity (Wildman–Crippen MR) is 20.7 cm³/mol. The van der Waals surface area contributed by atoms with E-state index in [1.807, 2.05) is 0 Å². The molecule has 0 unspecified atom stereocenters. The molecule has 0 atom stereocenters. The average molecular weight is 120 g/mol. The molecule has 40 valence electrons. The van der Waals surface area contributed by atoms with Crippen LogP contribution in [0.25, 0.3) is 0 Å². The second-order valence-corrected chi connectivity index (χ2v) is 0.977. The number of hydrogen-bond acceptors (Lipinski definition) is 3. The first-order valence-corrected chi connectivity index (χ1v) is 2.47. The van der Waals surface area contributed by atoms with Crippen molar-refractivity contribution in [3.63, 3.8) is 0 Å². The third-order valence-electron chi connectivity index (χ3n) is 0. The first-order valence-electron chi connectivity index (χ1n) is 1.16. The molecule has 0 aromatic heterocycles. The van der Waals surface area contributed by atoms with Gasteiger partial charge in [-0.1, -0.05) is 0 Å². The molecule has 0 radical (unpaired) electrons. The van der Waals surface area contributed by atoms with Crippen molar-refractivity contribution < 1.29 is 14.1 Å². The molecule has 0 aliphatic carbocycles. The SMILES string of the molecule is N#CN.O=[Si](O)O. The van der Waals surface area contributed by atoms with Crippen molar-refractivity contribution in [2.75, 3.05) is 0 Å². The summed E-state index contributed by atoms with van der Waals surface area (Å²) >= 11 is 0. The lowest BCUT2D eigenvalue weighted by molar-refractivity contribution is 0.330. The van der Waals surface area contributed by atoms with Crippen LogP contribution in [0.5, 0.6) is 0 Å². The standard InChI is InChI=1S/CH2N2.H2O3Si/c2-1-3;1-4(2)3/h2H2;1-2H. The Morgan fingerprint density at radius 3 is 1.71 bits per heavy atom. The minimum atomic E-state index is -3.13. The molecule has 0 aliphatic rings. The van der Waals surface area contributed by atoms with Crippen LogP contribution in [0.1, 0.15) is 0 Å². The van der Waals surface area contributed by atoms with Gasteiger partial charge in [0.2, 0.25) is 0 Å². The van der Waals surface area contributed by atoms with Crippen LogP contribution in [0, 0.1) is 11.5 Å². The van der Waals surface area contributed by atoms with E-state index >= 15 is 0 Å². The summed E-state index contributed by atoms with van der Waals surface area (Å²) in [6.07, 6.45) is 1.25. The van der Waals surface area contributed by atoms with Crippen molar-refractivity contribution in [2.45, 2.75) is 0 Å². The lowest BCUT2D eigenvalue weighted by Crippen LogP contribution is -1.90. The second kappa shape index (κ2) is 8.86. The highest BCUT2D eigenvalue weighted by molar-refractivity contribution is 6.22. The summed E-state index contributed by atoms with van der Waals surface area (Å²) in [6, 6.07) is 0. The highest BCUT2D eigenvalue weighted by atomic mass is 28.3. The Labute approximate surface area is 41.5 Å². The van der Waals surface area contributed by atoms with Crippen LogP contribution in [-0.4, -0.2) is 18.8 Å². The quantitative estimate of drug-likeness (QED) is 0.191. The van der Waals surface area contributed by atoms with E-state index in [-0.39, 0.29) is 0 Å². The molecule has 0 bridgehead atoms. The molecular formula is CH4N2O3Si. The van der Waals surface area contributed by atoms with Gasteiger partial charge < -0.3 is 15.3 Å². The smallest absolute Gasteiger partial charge is 0.511 e. The molecular weight excluding hydrogens is 116 g/mol. The second-order valence-electron chi connectivity index (χ2n) is 0.412. The monoisotopic (exact) mass is 120 g/mol. The maximum Gasteiger partial charge on any atom is 0.761 e. The fraction of sp³-hybridized carbons (Fsp3) is 0. The lowest BCUT2D eigenvalue weighted by Gasteiger charge is -1.55. The minimum absolute atomic E-state index is 1.25. The normalized spacial score (nSPS) is 4.43. The van der Waals surface area contributed by atoms with Gasteiger partial charge in [0.25, 0.3) is 0 Å². The van der Waals surface area contributed by atoms with Crippen molar-refractivity contribution in [3.05, 3.63) is 0 Å². The van der Waals surface area contributed by atoms with E-state index < -0.39 is 9.17 Å². The average Bonchev–Trinajstić information content (AvgIpc) is 1.33. The molecule has 4 N–H and O–H groups in total. The molecule has 0 fully saturated rings. The first kappa shape index (κ1) is 9.32. The van der Waals surface area contributed by atoms with E-state index in [0.29, 0.717) is 0 Å². The number of nitrogens with two attached hydrogens (primary N) is 1. The zero-order valence-electron chi connectivity index (χ0n) is 3.33. The van der Waals surface area contributed by atoms with Gasteiger partial charge in [-0.05, 0) is 0 Å². The molecule has 5 nitrogen and oxygen atoms in total. The molecule has 6 heteroatoms. The zero-order chi connectivity index (χ0) is 6.28. The highest BCUT2D eigenvalue weighted by Crippen LogP contribution is 1.27. The summed E-state index contributed by atoms with van der Waals surface area (Å²) in [4.78, 5) is 14.3. The Hall–Kier alpha value is -1.09. The van der Waals surface area contributed by atoms with Gasteiger partial charge in [0.05, 0.1) is 0 Å². The largest absolute Gasteiger partial charge is 0.761 e. The predicted octanol–water partition coefficient (Wildman–Crippen LogP) is -2.19. The fourth-order valence-electron chi connectivity index (χ4n) is 0. The third kappa shape index (κ3) is 34.7. The molecule has 0 aliphatic heterocycles. The van der Waals surface area contributed by atoms with Crippen molar-refractivity contribution in [2.24, 2.45) is 5.73 Å². The summed E-state index contributed by atoms with van der Waals surface area (Å²) in [5.74, 6) is 0. The third-order valence-corrected chi connectivity index (χ3v) is 0. The maximum absolute atomic E-state index is 8.74. The van der Waals surface area contributed by atoms with Gasteiger partial charge in [0, 0.05) is 0 Å². The Kier molecular flexibility index (Phi) is 11.8. The summed E-state index contributed by atoms with van der Waals surface area (Å²) in [5, 5.41) is 7.10. The topological polar surface area (TPSA) is 107 Å². The Bertz CT molecular complexity index is 81.4. The Morgan fingerprint density at radius 1 is 1.71 bits per heavy atom. The number of hydrogen-bond donors (Lipinski definition) is 3. The highest BCUT2D eigenvalue weighted by Gasteiger charge is 1.85. The van der Waals surface area contributed by atoms with Crippen molar-refractivity contribution in [1.82, 2.24) is 0 Å². The number of nitriles is 1. The van der Waals surface area contributed by atoms with Gasteiger partial charge in [0.1, 0.15) is 0 Å². The molecule has 0 saturated carbocycles. The van der Waals surface area contributed by atoms with Crippen molar-refractivity contribution in [3.8, 4) is 6.19 Å². The number of rotatable bonds is 0. The van der Waals surface area contributed by atoms with E-state index in [0.717, 1.165) is 0 Å². The molecule has 0 aromatic carbocycles. The van der Waals surface area contributed by atoms with Crippen LogP contribution in [-0.2, 0) is 4.46 Å². The number of nitrogens with zero attached hydrogens (tertiary/aromatic N) is 1. The van der Waals surface area contributed by atoms with E-state index in [1.54, 1.807) is 0 Å². The van der Waals surface area contributed by atoms with Crippen LogP contribution < -0.4 is 5.73 Å². The van der Waals surface area contributed by atoms with Gasteiger partial charge in [-0.3, -0.25) is 4.46 Å². The van der Waals surface area contributed by atoms with Crippen molar-refractivity contribution in [1.29, 1.82) is 5.26 Å². The van der Waals surface area contributed by atoms with E-state index in [1.165, 1.54) is 6.19 Å². The molecule has 0 rings (SSSR count). The molecule has 0 saturated heterocycles. The molecule has 0 spiro atoms. The van der Waals surface area contributed by atoms with Gasteiger partial charge in [-0.2, -0.15) is 5.26 Å². The van der Waals surface area contributed by atoms with E-state index in [4.69, 9.17) is 19.3 Å². The van der Waals surface area contributed by atoms with E-state index in [9.17, 15) is 0 Å². The molecule has 0 aromatic rings. The summed E-state index contributed by atoms with van der Waals surface area (Å²) in [5.41, 5.74) is 4.15. The Morgan fingerprint density at radius 2 is 1.71 bits per heavy atom. The Balaban J connectivity index is 0. The van der Waals surface area contributed by atoms with Crippen LogP contribution >= 0.6 is 0 Å². The fourth-order valence-corrected chi connectivity index (χ4v) is 0. The van der Waals surface area contributed by atoms with Gasteiger partial charge in [-0.25, -0.2) is 0 Å². The summed E-state index contributed by atoms with van der Waals surface area (Å²) < 4.78 is 8.74. The lowest BCUT2D eigenvalue weighted by atomic mass is 11.5. The van der Waals surface area contributed by atoms with Crippen LogP contribution in [0.4, 0.5) is 0 Å². The first-order chi connectivity index (χ1) is 3.15. The van der Waals surface area contributed by atoms with Gasteiger partial charge in [-0.15, -0.1) is 0 Å². The minimum Gasteiger partial charge on any atom is -0.511 e. The van der Waals surface area contributed by atoms with Crippen LogP contribution in [0.15, 0.2) is 0 Å². The maximum atomic E-state index is 8.74.